The van der Waals surface area contributed by atoms with E-state index in [0.717, 1.165) is 4.68 Å². The lowest BCUT2D eigenvalue weighted by Gasteiger charge is -2.19. The second-order valence-corrected chi connectivity index (χ2v) is 6.48. The number of carbonyl (C=O) groups is 1. The Morgan fingerprint density at radius 3 is 2.80 bits per heavy atom. The SMILES string of the molecule is CC(C)(C)OC(=O)n1nc(I)c2c1C=CC([N+](=O)[O-])C2. The lowest BCUT2D eigenvalue weighted by molar-refractivity contribution is -0.508. The molecule has 0 aliphatic heterocycles. The number of hydrogen-bond acceptors (Lipinski definition) is 5. The Bertz CT molecular complexity index is 601. The van der Waals surface area contributed by atoms with Gasteiger partial charge in [-0.2, -0.15) is 9.78 Å². The van der Waals surface area contributed by atoms with E-state index in [9.17, 15) is 14.9 Å². The van der Waals surface area contributed by atoms with Crippen molar-refractivity contribution in [3.05, 3.63) is 31.1 Å². The summed E-state index contributed by atoms with van der Waals surface area (Å²) in [6, 6.07) is -0.771. The van der Waals surface area contributed by atoms with E-state index in [2.05, 4.69) is 5.10 Å². The highest BCUT2D eigenvalue weighted by molar-refractivity contribution is 14.1. The minimum Gasteiger partial charge on any atom is -0.442 e. The maximum absolute atomic E-state index is 12.1. The zero-order chi connectivity index (χ0) is 15.1. The van der Waals surface area contributed by atoms with E-state index in [4.69, 9.17) is 4.74 Å². The minimum atomic E-state index is -0.771. The molecule has 108 valence electrons. The van der Waals surface area contributed by atoms with E-state index in [1.165, 1.54) is 6.08 Å². The van der Waals surface area contributed by atoms with Crippen LogP contribution in [0.5, 0.6) is 0 Å². The fourth-order valence-electron chi connectivity index (χ4n) is 1.86. The highest BCUT2D eigenvalue weighted by atomic mass is 127. The first-order valence-corrected chi connectivity index (χ1v) is 7.09. The molecule has 20 heavy (non-hydrogen) atoms. The van der Waals surface area contributed by atoms with Crippen LogP contribution in [0.4, 0.5) is 4.79 Å². The van der Waals surface area contributed by atoms with Crippen LogP contribution in [0, 0.1) is 13.8 Å². The summed E-state index contributed by atoms with van der Waals surface area (Å²) in [6.45, 7) is 5.30. The zero-order valence-corrected chi connectivity index (χ0v) is 13.4. The summed E-state index contributed by atoms with van der Waals surface area (Å²) in [5.41, 5.74) is 0.644. The van der Waals surface area contributed by atoms with Crippen LogP contribution in [0.3, 0.4) is 0 Å². The maximum atomic E-state index is 12.1. The highest BCUT2D eigenvalue weighted by Gasteiger charge is 2.30. The molecule has 1 aromatic rings. The van der Waals surface area contributed by atoms with Gasteiger partial charge in [-0.15, -0.1) is 0 Å². The van der Waals surface area contributed by atoms with Crippen molar-refractivity contribution in [2.45, 2.75) is 38.8 Å². The Labute approximate surface area is 129 Å². The third-order valence-corrected chi connectivity index (χ3v) is 3.57. The molecule has 1 atom stereocenters. The third-order valence-electron chi connectivity index (χ3n) is 2.70. The van der Waals surface area contributed by atoms with Gasteiger partial charge in [-0.3, -0.25) is 10.1 Å². The predicted molar refractivity (Wildman–Crippen MR) is 80.1 cm³/mol. The number of carbonyl (C=O) groups excluding carboxylic acids is 1. The molecule has 0 radical (unpaired) electrons. The van der Waals surface area contributed by atoms with Gasteiger partial charge < -0.3 is 4.74 Å². The second-order valence-electron chi connectivity index (χ2n) is 5.46. The van der Waals surface area contributed by atoms with Crippen LogP contribution in [0.25, 0.3) is 6.08 Å². The van der Waals surface area contributed by atoms with Crippen LogP contribution in [-0.4, -0.2) is 32.4 Å². The number of hydrogen-bond donors (Lipinski definition) is 0. The Morgan fingerprint density at radius 1 is 1.60 bits per heavy atom. The topological polar surface area (TPSA) is 87.3 Å². The van der Waals surface area contributed by atoms with E-state index in [1.807, 2.05) is 22.6 Å². The number of aromatic nitrogens is 2. The fraction of sp³-hybridized carbons (Fsp3) is 0.500. The smallest absolute Gasteiger partial charge is 0.435 e. The monoisotopic (exact) mass is 391 g/mol. The molecule has 0 aromatic carbocycles. The molecule has 1 heterocycles. The van der Waals surface area contributed by atoms with E-state index in [-0.39, 0.29) is 11.3 Å². The summed E-state index contributed by atoms with van der Waals surface area (Å²) in [7, 11) is 0. The Balaban J connectivity index is 2.34. The quantitative estimate of drug-likeness (QED) is 0.417. The lowest BCUT2D eigenvalue weighted by atomic mass is 10.0. The average Bonchev–Trinajstić information content (AvgIpc) is 2.64. The minimum absolute atomic E-state index is 0.236. The molecule has 0 amide bonds. The fourth-order valence-corrected chi connectivity index (χ4v) is 2.58. The van der Waals surface area contributed by atoms with Crippen LogP contribution < -0.4 is 0 Å². The van der Waals surface area contributed by atoms with Crippen molar-refractivity contribution in [3.8, 4) is 0 Å². The van der Waals surface area contributed by atoms with Gasteiger partial charge in [0.1, 0.15) is 9.30 Å². The van der Waals surface area contributed by atoms with Gasteiger partial charge in [-0.1, -0.05) is 0 Å². The normalized spacial score (nSPS) is 17.7. The number of rotatable bonds is 1. The van der Waals surface area contributed by atoms with Gasteiger partial charge in [0, 0.05) is 16.9 Å². The van der Waals surface area contributed by atoms with Gasteiger partial charge in [0.15, 0.2) is 0 Å². The molecule has 0 bridgehead atoms. The predicted octanol–water partition coefficient (Wildman–Crippen LogP) is 2.49. The van der Waals surface area contributed by atoms with E-state index in [0.29, 0.717) is 15.0 Å². The first-order chi connectivity index (χ1) is 9.19. The van der Waals surface area contributed by atoms with Crippen LogP contribution >= 0.6 is 22.6 Å². The van der Waals surface area contributed by atoms with E-state index >= 15 is 0 Å². The number of nitrogens with zero attached hydrogens (tertiary/aromatic N) is 3. The first kappa shape index (κ1) is 14.9. The van der Waals surface area contributed by atoms with Crippen molar-refractivity contribution >= 4 is 34.8 Å². The molecule has 0 fully saturated rings. The summed E-state index contributed by atoms with van der Waals surface area (Å²) < 4.78 is 7.01. The summed E-state index contributed by atoms with van der Waals surface area (Å²) in [5.74, 6) is 0. The Morgan fingerprint density at radius 2 is 2.25 bits per heavy atom. The standard InChI is InChI=1S/C12H14IN3O4/c1-12(2,3)20-11(17)15-9-5-4-7(16(18)19)6-8(9)10(13)14-15/h4-5,7H,6H2,1-3H3. The molecule has 1 unspecified atom stereocenters. The number of fused-ring (bicyclic) bond motifs is 1. The second kappa shape index (κ2) is 5.15. The Hall–Kier alpha value is -1.45. The molecule has 1 aromatic heterocycles. The van der Waals surface area contributed by atoms with Crippen LogP contribution in [0.15, 0.2) is 6.08 Å². The van der Waals surface area contributed by atoms with Gasteiger partial charge in [0.25, 0.3) is 0 Å². The number of halogens is 1. The van der Waals surface area contributed by atoms with Crippen LogP contribution in [-0.2, 0) is 11.2 Å². The molecule has 1 aliphatic rings. The van der Waals surface area contributed by atoms with E-state index in [1.54, 1.807) is 26.8 Å². The van der Waals surface area contributed by atoms with Gasteiger partial charge in [-0.25, -0.2) is 4.79 Å². The van der Waals surface area contributed by atoms with Gasteiger partial charge in [-0.05, 0) is 55.5 Å². The molecule has 0 saturated heterocycles. The zero-order valence-electron chi connectivity index (χ0n) is 11.3. The van der Waals surface area contributed by atoms with E-state index < -0.39 is 17.7 Å². The molecule has 0 spiro atoms. The summed E-state index contributed by atoms with van der Waals surface area (Å²) in [4.78, 5) is 22.6. The largest absolute Gasteiger partial charge is 0.442 e. The van der Waals surface area contributed by atoms with Crippen molar-refractivity contribution in [3.63, 3.8) is 0 Å². The van der Waals surface area contributed by atoms with Crippen LogP contribution in [0.1, 0.15) is 32.0 Å². The molecule has 7 nitrogen and oxygen atoms in total. The number of nitro groups is 1. The third kappa shape index (κ3) is 3.00. The molecule has 1 aliphatic carbocycles. The van der Waals surface area contributed by atoms with Crippen molar-refractivity contribution < 1.29 is 14.5 Å². The maximum Gasteiger partial charge on any atom is 0.435 e. The van der Waals surface area contributed by atoms with Gasteiger partial charge >= 0.3 is 6.09 Å². The molecule has 2 rings (SSSR count). The Kier molecular flexibility index (Phi) is 3.85. The van der Waals surface area contributed by atoms with Crippen molar-refractivity contribution in [2.75, 3.05) is 0 Å². The molecular weight excluding hydrogens is 377 g/mol. The van der Waals surface area contributed by atoms with Gasteiger partial charge in [0.2, 0.25) is 6.04 Å². The first-order valence-electron chi connectivity index (χ1n) is 6.01. The summed E-state index contributed by atoms with van der Waals surface area (Å²) >= 11 is 1.97. The molecule has 0 N–H and O–H groups in total. The summed E-state index contributed by atoms with van der Waals surface area (Å²) in [6.07, 6.45) is 2.69. The average molecular weight is 391 g/mol. The highest BCUT2D eigenvalue weighted by Crippen LogP contribution is 2.26. The summed E-state index contributed by atoms with van der Waals surface area (Å²) in [5, 5.41) is 15.0. The molecular formula is C12H14IN3O4. The van der Waals surface area contributed by atoms with Crippen LogP contribution in [0.2, 0.25) is 0 Å². The van der Waals surface area contributed by atoms with Crippen molar-refractivity contribution in [2.24, 2.45) is 0 Å². The van der Waals surface area contributed by atoms with Crippen molar-refractivity contribution in [1.82, 2.24) is 9.78 Å². The molecule has 0 saturated carbocycles. The molecule has 8 heteroatoms. The number of ether oxygens (including phenoxy) is 1. The lowest BCUT2D eigenvalue weighted by Crippen LogP contribution is -2.29. The van der Waals surface area contributed by atoms with Gasteiger partial charge in [0.05, 0.1) is 5.69 Å². The van der Waals surface area contributed by atoms with Crippen molar-refractivity contribution in [1.29, 1.82) is 0 Å².